The zero-order valence-electron chi connectivity index (χ0n) is 8.36. The Kier molecular flexibility index (Phi) is 2.28. The summed E-state index contributed by atoms with van der Waals surface area (Å²) in [5.74, 6) is 0.356. The number of nitrogens with zero attached hydrogens (tertiary/aromatic N) is 4. The number of aromatic hydroxyl groups is 1. The van der Waals surface area contributed by atoms with Gasteiger partial charge in [0.15, 0.2) is 0 Å². The third kappa shape index (κ3) is 1.70. The fourth-order valence-corrected chi connectivity index (χ4v) is 1.31. The number of aryl methyl sites for hydroxylation is 1. The Hall–Kier alpha value is -2.44. The van der Waals surface area contributed by atoms with Crippen molar-refractivity contribution in [2.24, 2.45) is 0 Å². The molecule has 7 nitrogen and oxygen atoms in total. The van der Waals surface area contributed by atoms with Crippen molar-refractivity contribution in [1.29, 1.82) is 0 Å². The Labute approximate surface area is 90.1 Å². The Morgan fingerprint density at radius 1 is 1.50 bits per heavy atom. The van der Waals surface area contributed by atoms with E-state index in [0.29, 0.717) is 5.82 Å². The molecule has 1 heterocycles. The van der Waals surface area contributed by atoms with Crippen LogP contribution in [0.5, 0.6) is 5.75 Å². The van der Waals surface area contributed by atoms with E-state index in [0.717, 1.165) is 6.07 Å². The number of phenolic OH excluding ortho intramolecular Hbond substituents is 1. The molecule has 0 aliphatic rings. The molecule has 2 rings (SSSR count). The SMILES string of the molecule is Cc1ncn(-c2ccc(O)cc2[N+](=O)[O-])n1. The molecule has 0 fully saturated rings. The summed E-state index contributed by atoms with van der Waals surface area (Å²) in [4.78, 5) is 14.1. The van der Waals surface area contributed by atoms with E-state index in [-0.39, 0.29) is 17.1 Å². The third-order valence-corrected chi connectivity index (χ3v) is 2.01. The van der Waals surface area contributed by atoms with E-state index in [9.17, 15) is 15.2 Å². The molecule has 1 N–H and O–H groups in total. The molecular formula is C9H8N4O3. The molecule has 1 aromatic carbocycles. The summed E-state index contributed by atoms with van der Waals surface area (Å²) in [6.07, 6.45) is 1.38. The predicted octanol–water partition coefficient (Wildman–Crippen LogP) is 1.19. The lowest BCUT2D eigenvalue weighted by Crippen LogP contribution is -2.00. The van der Waals surface area contributed by atoms with Gasteiger partial charge in [0.2, 0.25) is 0 Å². The normalized spacial score (nSPS) is 10.3. The quantitative estimate of drug-likeness (QED) is 0.605. The zero-order chi connectivity index (χ0) is 11.7. The number of nitro groups is 1. The summed E-state index contributed by atoms with van der Waals surface area (Å²) >= 11 is 0. The second kappa shape index (κ2) is 3.61. The highest BCUT2D eigenvalue weighted by atomic mass is 16.6. The molecule has 16 heavy (non-hydrogen) atoms. The first kappa shape index (κ1) is 10.1. The maximum Gasteiger partial charge on any atom is 0.298 e. The summed E-state index contributed by atoms with van der Waals surface area (Å²) in [7, 11) is 0. The minimum atomic E-state index is -0.577. The standard InChI is InChI=1S/C9H8N4O3/c1-6-10-5-12(11-6)8-3-2-7(14)4-9(8)13(15)16/h2-5,14H,1H3. The van der Waals surface area contributed by atoms with Crippen LogP contribution >= 0.6 is 0 Å². The monoisotopic (exact) mass is 220 g/mol. The lowest BCUT2D eigenvalue weighted by molar-refractivity contribution is -0.384. The molecule has 1 aromatic heterocycles. The van der Waals surface area contributed by atoms with Gasteiger partial charge >= 0.3 is 0 Å². The van der Waals surface area contributed by atoms with Crippen LogP contribution in [0.25, 0.3) is 5.69 Å². The molecule has 0 unspecified atom stereocenters. The number of benzene rings is 1. The van der Waals surface area contributed by atoms with Gasteiger partial charge in [0.1, 0.15) is 23.6 Å². The van der Waals surface area contributed by atoms with Crippen LogP contribution in [0.2, 0.25) is 0 Å². The van der Waals surface area contributed by atoms with Crippen molar-refractivity contribution in [3.05, 3.63) is 40.5 Å². The average molecular weight is 220 g/mol. The molecule has 0 aliphatic heterocycles. The molecule has 0 saturated carbocycles. The molecule has 0 amide bonds. The van der Waals surface area contributed by atoms with Gasteiger partial charge in [-0.3, -0.25) is 10.1 Å². The molecular weight excluding hydrogens is 212 g/mol. The van der Waals surface area contributed by atoms with Crippen LogP contribution in [0.1, 0.15) is 5.82 Å². The number of phenols is 1. The van der Waals surface area contributed by atoms with Gasteiger partial charge in [0.05, 0.1) is 11.0 Å². The smallest absolute Gasteiger partial charge is 0.298 e. The van der Waals surface area contributed by atoms with Gasteiger partial charge in [-0.1, -0.05) is 0 Å². The van der Waals surface area contributed by atoms with E-state index in [1.54, 1.807) is 6.92 Å². The summed E-state index contributed by atoms with van der Waals surface area (Å²) in [5.41, 5.74) is 0.0494. The van der Waals surface area contributed by atoms with Gasteiger partial charge in [-0.05, 0) is 19.1 Å². The van der Waals surface area contributed by atoms with Crippen LogP contribution in [-0.2, 0) is 0 Å². The van der Waals surface area contributed by atoms with Gasteiger partial charge < -0.3 is 5.11 Å². The molecule has 0 radical (unpaired) electrons. The van der Waals surface area contributed by atoms with Crippen molar-refractivity contribution >= 4 is 5.69 Å². The average Bonchev–Trinajstić information content (AvgIpc) is 2.64. The highest BCUT2D eigenvalue weighted by Gasteiger charge is 2.16. The second-order valence-corrected chi connectivity index (χ2v) is 3.17. The lowest BCUT2D eigenvalue weighted by Gasteiger charge is -2.02. The number of hydrogen-bond acceptors (Lipinski definition) is 5. The minimum absolute atomic E-state index is 0.160. The fourth-order valence-electron chi connectivity index (χ4n) is 1.31. The van der Waals surface area contributed by atoms with Crippen molar-refractivity contribution < 1.29 is 10.0 Å². The molecule has 0 aliphatic carbocycles. The zero-order valence-corrected chi connectivity index (χ0v) is 8.36. The fraction of sp³-hybridized carbons (Fsp3) is 0.111. The molecule has 0 saturated heterocycles. The van der Waals surface area contributed by atoms with Crippen LogP contribution in [-0.4, -0.2) is 24.8 Å². The molecule has 7 heteroatoms. The van der Waals surface area contributed by atoms with Gasteiger partial charge in [-0.25, -0.2) is 9.67 Å². The predicted molar refractivity (Wildman–Crippen MR) is 54.4 cm³/mol. The summed E-state index contributed by atoms with van der Waals surface area (Å²) in [5, 5.41) is 23.9. The maximum atomic E-state index is 10.8. The number of hydrogen-bond donors (Lipinski definition) is 1. The molecule has 0 spiro atoms. The van der Waals surface area contributed by atoms with E-state index in [4.69, 9.17) is 0 Å². The largest absolute Gasteiger partial charge is 0.508 e. The molecule has 0 bridgehead atoms. The van der Waals surface area contributed by atoms with Crippen LogP contribution in [0.15, 0.2) is 24.5 Å². The van der Waals surface area contributed by atoms with Crippen molar-refractivity contribution in [1.82, 2.24) is 14.8 Å². The Morgan fingerprint density at radius 2 is 2.25 bits per heavy atom. The Balaban J connectivity index is 2.60. The Bertz CT molecular complexity index is 549. The molecule has 2 aromatic rings. The van der Waals surface area contributed by atoms with Gasteiger partial charge in [-0.15, -0.1) is 0 Å². The molecule has 0 atom stereocenters. The highest BCUT2D eigenvalue weighted by Crippen LogP contribution is 2.26. The topological polar surface area (TPSA) is 94.1 Å². The number of rotatable bonds is 2. The first-order valence-electron chi connectivity index (χ1n) is 4.44. The lowest BCUT2D eigenvalue weighted by atomic mass is 10.2. The second-order valence-electron chi connectivity index (χ2n) is 3.17. The first-order chi connectivity index (χ1) is 7.58. The van der Waals surface area contributed by atoms with E-state index in [1.807, 2.05) is 0 Å². The summed E-state index contributed by atoms with van der Waals surface area (Å²) < 4.78 is 1.30. The van der Waals surface area contributed by atoms with E-state index < -0.39 is 4.92 Å². The van der Waals surface area contributed by atoms with Crippen LogP contribution in [0.4, 0.5) is 5.69 Å². The number of nitro benzene ring substituents is 1. The van der Waals surface area contributed by atoms with Gasteiger partial charge in [0, 0.05) is 0 Å². The van der Waals surface area contributed by atoms with Crippen LogP contribution < -0.4 is 0 Å². The van der Waals surface area contributed by atoms with Gasteiger partial charge in [0.25, 0.3) is 5.69 Å². The Morgan fingerprint density at radius 3 is 2.81 bits per heavy atom. The van der Waals surface area contributed by atoms with Crippen molar-refractivity contribution in [2.75, 3.05) is 0 Å². The van der Waals surface area contributed by atoms with Crippen molar-refractivity contribution in [3.63, 3.8) is 0 Å². The van der Waals surface area contributed by atoms with E-state index >= 15 is 0 Å². The third-order valence-electron chi connectivity index (χ3n) is 2.01. The van der Waals surface area contributed by atoms with Crippen molar-refractivity contribution in [2.45, 2.75) is 6.92 Å². The van der Waals surface area contributed by atoms with Crippen molar-refractivity contribution in [3.8, 4) is 11.4 Å². The minimum Gasteiger partial charge on any atom is -0.508 e. The van der Waals surface area contributed by atoms with E-state index in [1.165, 1.54) is 23.1 Å². The van der Waals surface area contributed by atoms with Gasteiger partial charge in [-0.2, -0.15) is 5.10 Å². The van der Waals surface area contributed by atoms with Crippen LogP contribution in [0, 0.1) is 17.0 Å². The molecule has 82 valence electrons. The summed E-state index contributed by atoms with van der Waals surface area (Å²) in [6, 6.07) is 3.85. The first-order valence-corrected chi connectivity index (χ1v) is 4.44. The maximum absolute atomic E-state index is 10.8. The summed E-state index contributed by atoms with van der Waals surface area (Å²) in [6.45, 7) is 1.68. The highest BCUT2D eigenvalue weighted by molar-refractivity contribution is 5.54. The van der Waals surface area contributed by atoms with E-state index in [2.05, 4.69) is 10.1 Å². The number of aromatic nitrogens is 3. The van der Waals surface area contributed by atoms with Crippen LogP contribution in [0.3, 0.4) is 0 Å².